The molecule has 0 aliphatic heterocycles. The van der Waals surface area contributed by atoms with Crippen LogP contribution in [0.3, 0.4) is 0 Å². The number of hydrogen-bond donors (Lipinski definition) is 23. The van der Waals surface area contributed by atoms with Gasteiger partial charge in [-0.25, -0.2) is 0 Å². The standard InChI is InChI=1S/C74H109N19O16/c1-40(2)34-57(69(106)84-42(5)64(101)89-55(62(76)99)36-44-16-24-48(94)25-17-44)92-67(104)53(13-10-32-82-73(78)79)87-71(108)59(38-46-20-28-50(96)29-21-46)86-61(98)15-9-7-8-12-52(75)66(103)91-60(39-47-22-30-51(97)31-23-47)72(109)88-54(14-11-33-83-74(80)81)68(105)93-58(35-41(3)4)70(107)85-43(6)65(102)90-56(63(77)100)37-45-18-26-49(95)27-19-45/h16-31,40-43,52-60,94-97H,7-15,32-39,75H2,1-6H3,(H2,76,99)(H2,77,100)(H,84,106)(H,85,107)(H,86,98)(H,87,108)(H,88,109)(H,89,101)(H,90,102)(H,91,103)(H,92,104)(H,93,105)(H4,78,79,82)(H4,80,81,83)/t42-,43-,52-,53-,54-,55-,56-,57-,58-,59-,60-/m0/s1. The Kier molecular flexibility index (Phi) is 37.5. The van der Waals surface area contributed by atoms with Gasteiger partial charge in [0.25, 0.3) is 0 Å². The molecule has 0 aliphatic rings. The number of nitrogens with one attached hydrogen (secondary N) is 14. The van der Waals surface area contributed by atoms with E-state index in [0.717, 1.165) is 0 Å². The van der Waals surface area contributed by atoms with Gasteiger partial charge in [-0.1, -0.05) is 89.1 Å². The number of carbonyl (C=O) groups is 12. The number of phenols is 4. The molecule has 596 valence electrons. The topological polar surface area (TPSA) is 608 Å². The van der Waals surface area contributed by atoms with Crippen molar-refractivity contribution in [2.24, 2.45) is 40.5 Å². The molecule has 0 heterocycles. The highest BCUT2D eigenvalue weighted by Gasteiger charge is 2.35. The lowest BCUT2D eigenvalue weighted by atomic mass is 10.0. The third-order valence-electron chi connectivity index (χ3n) is 17.3. The van der Waals surface area contributed by atoms with Crippen molar-refractivity contribution in [1.82, 2.24) is 63.8 Å². The van der Waals surface area contributed by atoms with Gasteiger partial charge in [-0.05, 0) is 148 Å². The number of nitrogens with two attached hydrogens (primary N) is 5. The smallest absolute Gasteiger partial charge is 0.243 e. The molecule has 0 saturated carbocycles. The molecule has 11 atom stereocenters. The molecule has 4 aromatic carbocycles. The van der Waals surface area contributed by atoms with E-state index in [-0.39, 0.29) is 150 Å². The van der Waals surface area contributed by atoms with Gasteiger partial charge >= 0.3 is 0 Å². The van der Waals surface area contributed by atoms with E-state index in [1.165, 1.54) is 86.6 Å². The first-order valence-electron chi connectivity index (χ1n) is 36.1. The molecule has 0 bridgehead atoms. The molecule has 35 nitrogen and oxygen atoms in total. The highest BCUT2D eigenvalue weighted by Crippen LogP contribution is 2.18. The van der Waals surface area contributed by atoms with Crippen LogP contribution in [0.15, 0.2) is 97.1 Å². The Labute approximate surface area is 633 Å². The molecule has 0 aromatic heterocycles. The van der Waals surface area contributed by atoms with E-state index in [9.17, 15) is 78.0 Å². The minimum Gasteiger partial charge on any atom is -0.508 e. The molecule has 0 spiro atoms. The number of amides is 12. The van der Waals surface area contributed by atoms with Crippen LogP contribution in [0.1, 0.15) is 134 Å². The zero-order valence-electron chi connectivity index (χ0n) is 62.3. The molecule has 12 amide bonds. The predicted molar refractivity (Wildman–Crippen MR) is 405 cm³/mol. The number of hydrogen-bond acceptors (Lipinski definition) is 19. The first-order valence-corrected chi connectivity index (χ1v) is 36.1. The van der Waals surface area contributed by atoms with Crippen molar-refractivity contribution in [3.05, 3.63) is 119 Å². The van der Waals surface area contributed by atoms with Crippen LogP contribution in [0.2, 0.25) is 0 Å². The fourth-order valence-electron chi connectivity index (χ4n) is 11.3. The van der Waals surface area contributed by atoms with E-state index in [4.69, 9.17) is 39.5 Å². The minimum atomic E-state index is -1.40. The lowest BCUT2D eigenvalue weighted by molar-refractivity contribution is -0.135. The maximum absolute atomic E-state index is 14.5. The molecule has 4 aromatic rings. The summed E-state index contributed by atoms with van der Waals surface area (Å²) in [7, 11) is 0. The summed E-state index contributed by atoms with van der Waals surface area (Å²) in [6.45, 7) is 10.1. The van der Waals surface area contributed by atoms with Crippen molar-refractivity contribution >= 4 is 82.8 Å². The third-order valence-corrected chi connectivity index (χ3v) is 17.3. The van der Waals surface area contributed by atoms with Crippen molar-refractivity contribution in [2.45, 2.75) is 204 Å². The van der Waals surface area contributed by atoms with E-state index < -0.39 is 137 Å². The Balaban J connectivity index is 1.46. The molecule has 4 rings (SSSR count). The molecule has 0 fully saturated rings. The van der Waals surface area contributed by atoms with E-state index in [1.54, 1.807) is 52.0 Å². The fourth-order valence-corrected chi connectivity index (χ4v) is 11.3. The Bertz CT molecular complexity index is 3720. The molecule has 0 unspecified atom stereocenters. The maximum atomic E-state index is 14.5. The second kappa shape index (κ2) is 45.7. The van der Waals surface area contributed by atoms with E-state index in [2.05, 4.69) is 63.8 Å². The minimum absolute atomic E-state index is 0.0137. The number of phenolic OH excluding ortho intramolecular Hbond substituents is 4. The number of rotatable bonds is 47. The summed E-state index contributed by atoms with van der Waals surface area (Å²) in [5, 5.41) is 86.5. The Hall–Kier alpha value is -11.8. The van der Waals surface area contributed by atoms with E-state index in [0.29, 0.717) is 28.7 Å². The van der Waals surface area contributed by atoms with Gasteiger partial charge in [-0.2, -0.15) is 0 Å². The Morgan fingerprint density at radius 3 is 0.936 bits per heavy atom. The van der Waals surface area contributed by atoms with Gasteiger partial charge < -0.3 is 113 Å². The molecule has 0 aliphatic carbocycles. The van der Waals surface area contributed by atoms with E-state index in [1.807, 2.05) is 0 Å². The summed E-state index contributed by atoms with van der Waals surface area (Å²) in [6, 6.07) is 9.29. The third kappa shape index (κ3) is 34.1. The number of aromatic hydroxyl groups is 4. The summed E-state index contributed by atoms with van der Waals surface area (Å²) < 4.78 is 0. The van der Waals surface area contributed by atoms with Gasteiger partial charge in [0, 0.05) is 45.2 Å². The fraction of sp³-hybridized carbons (Fsp3) is 0.486. The molecular weight excluding hydrogens is 1410 g/mol. The lowest BCUT2D eigenvalue weighted by Crippen LogP contribution is -2.59. The number of primary amides is 2. The van der Waals surface area contributed by atoms with Crippen molar-refractivity contribution < 1.29 is 78.0 Å². The van der Waals surface area contributed by atoms with Crippen LogP contribution in [0.25, 0.3) is 0 Å². The van der Waals surface area contributed by atoms with Gasteiger partial charge in [0.05, 0.1) is 6.04 Å². The average Bonchev–Trinajstić information content (AvgIpc) is 0.865. The van der Waals surface area contributed by atoms with Gasteiger partial charge in [0.2, 0.25) is 70.9 Å². The molecule has 109 heavy (non-hydrogen) atoms. The highest BCUT2D eigenvalue weighted by atomic mass is 16.3. The van der Waals surface area contributed by atoms with Crippen LogP contribution in [0, 0.1) is 22.7 Å². The van der Waals surface area contributed by atoms with Crippen LogP contribution < -0.4 is 92.5 Å². The zero-order valence-corrected chi connectivity index (χ0v) is 62.3. The monoisotopic (exact) mass is 1520 g/mol. The summed E-state index contributed by atoms with van der Waals surface area (Å²) >= 11 is 0. The quantitative estimate of drug-likeness (QED) is 0.0136. The molecule has 35 heteroatoms. The molecule has 28 N–H and O–H groups in total. The van der Waals surface area contributed by atoms with Crippen LogP contribution in [0.5, 0.6) is 23.0 Å². The van der Waals surface area contributed by atoms with E-state index >= 15 is 0 Å². The summed E-state index contributed by atoms with van der Waals surface area (Å²) in [5.74, 6) is -10.8. The number of guanidine groups is 2. The molecule has 0 radical (unpaired) electrons. The van der Waals surface area contributed by atoms with Crippen molar-refractivity contribution in [2.75, 3.05) is 13.1 Å². The molecular formula is C74H109N19O16. The Morgan fingerprint density at radius 1 is 0.330 bits per heavy atom. The van der Waals surface area contributed by atoms with Crippen molar-refractivity contribution in [3.63, 3.8) is 0 Å². The second-order valence-corrected chi connectivity index (χ2v) is 27.7. The van der Waals surface area contributed by atoms with Gasteiger partial charge in [-0.3, -0.25) is 68.4 Å². The summed E-state index contributed by atoms with van der Waals surface area (Å²) in [4.78, 5) is 165. The Morgan fingerprint density at radius 2 is 0.615 bits per heavy atom. The normalized spacial score (nSPS) is 14.1. The zero-order chi connectivity index (χ0) is 81.0. The largest absolute Gasteiger partial charge is 0.508 e. The molecule has 0 saturated heterocycles. The number of unbranched alkanes of at least 4 members (excludes halogenated alkanes) is 2. The highest BCUT2D eigenvalue weighted by molar-refractivity contribution is 5.98. The average molecular weight is 1520 g/mol. The van der Waals surface area contributed by atoms with Gasteiger partial charge in [-0.15, -0.1) is 0 Å². The number of carbonyl (C=O) groups excluding carboxylic acids is 12. The first kappa shape index (κ1) is 89.6. The van der Waals surface area contributed by atoms with Crippen LogP contribution in [-0.4, -0.2) is 183 Å². The van der Waals surface area contributed by atoms with Crippen molar-refractivity contribution in [3.8, 4) is 23.0 Å². The van der Waals surface area contributed by atoms with Crippen LogP contribution >= 0.6 is 0 Å². The summed E-state index contributed by atoms with van der Waals surface area (Å²) in [5.41, 5.74) is 30.8. The van der Waals surface area contributed by atoms with Gasteiger partial charge in [0.15, 0.2) is 11.9 Å². The number of benzene rings is 4. The van der Waals surface area contributed by atoms with Gasteiger partial charge in [0.1, 0.15) is 83.4 Å². The van der Waals surface area contributed by atoms with Crippen LogP contribution in [0.4, 0.5) is 0 Å². The van der Waals surface area contributed by atoms with Crippen LogP contribution in [-0.2, 0) is 83.2 Å². The predicted octanol–water partition coefficient (Wildman–Crippen LogP) is -1.47. The lowest BCUT2D eigenvalue weighted by Gasteiger charge is -2.27. The van der Waals surface area contributed by atoms with Crippen molar-refractivity contribution in [1.29, 1.82) is 10.8 Å². The second-order valence-electron chi connectivity index (χ2n) is 27.7. The first-order chi connectivity index (χ1) is 51.5. The maximum Gasteiger partial charge on any atom is 0.243 e. The SMILES string of the molecule is CC(C)C[C@H](NC(=O)[C@H](CCCNC(=N)N)NC(=O)[C@H](Cc1ccc(O)cc1)NC(=O)CCCCC[C@H](N)C(=O)N[C@@H](Cc1ccc(O)cc1)C(=O)N[C@@H](CCCNC(=N)N)C(=O)N[C@@H](CC(C)C)C(=O)N[C@@H](C)C(=O)N[C@@H](Cc1ccc(O)cc1)C(N)=O)C(=O)N[C@@H](C)C(=O)N[C@@H](Cc1ccc(O)cc1)C(N)=O. The summed E-state index contributed by atoms with van der Waals surface area (Å²) in [6.07, 6.45) is 0.669.